The molecule has 0 aromatic carbocycles. The number of hydrogen-bond acceptors (Lipinski definition) is 9. The van der Waals surface area contributed by atoms with E-state index in [1.54, 1.807) is 11.8 Å². The van der Waals surface area contributed by atoms with Crippen molar-refractivity contribution in [2.24, 2.45) is 0 Å². The molecule has 218 valence electrons. The van der Waals surface area contributed by atoms with Gasteiger partial charge in [-0.15, -0.1) is 35.3 Å². The second kappa shape index (κ2) is 16.0. The van der Waals surface area contributed by atoms with Gasteiger partial charge in [-0.25, -0.2) is 0 Å². The van der Waals surface area contributed by atoms with Gasteiger partial charge in [-0.2, -0.15) is 0 Å². The Balaban J connectivity index is 1.56. The molecule has 9 nitrogen and oxygen atoms in total. The highest BCUT2D eigenvalue weighted by Crippen LogP contribution is 2.30. The average Bonchev–Trinajstić information content (AvgIpc) is 3.71. The smallest absolute Gasteiger partial charge is 0.268 e. The number of rotatable bonds is 9. The van der Waals surface area contributed by atoms with Crippen LogP contribution in [0.25, 0.3) is 0 Å². The summed E-state index contributed by atoms with van der Waals surface area (Å²) in [5, 5.41) is 25.7. The Hall–Kier alpha value is -0.0600. The highest BCUT2D eigenvalue weighted by Gasteiger charge is 2.39. The first-order valence-corrected chi connectivity index (χ1v) is 19.4. The van der Waals surface area contributed by atoms with Crippen LogP contribution < -0.4 is 31.9 Å². The summed E-state index contributed by atoms with van der Waals surface area (Å²) in [5.41, 5.74) is 1.01. The first-order valence-electron chi connectivity index (χ1n) is 13.2. The Morgan fingerprint density at radius 1 is 0.667 bits per heavy atom. The van der Waals surface area contributed by atoms with Crippen LogP contribution in [0.15, 0.2) is 22.2 Å². The second-order valence-electron chi connectivity index (χ2n) is 9.71. The highest BCUT2D eigenvalue weighted by atomic mass is 79.9. The maximum Gasteiger partial charge on any atom is 0.268 e. The monoisotopic (exact) mass is 788 g/mol. The van der Waals surface area contributed by atoms with Gasteiger partial charge in [0.1, 0.15) is 11.4 Å². The van der Waals surface area contributed by atoms with Crippen molar-refractivity contribution >= 4 is 101 Å². The van der Waals surface area contributed by atoms with E-state index in [2.05, 4.69) is 79.7 Å². The minimum absolute atomic E-state index is 0.0502. The molecule has 0 aliphatic carbocycles. The topological polar surface area (TPSA) is 123 Å². The van der Waals surface area contributed by atoms with Crippen molar-refractivity contribution in [1.29, 1.82) is 0 Å². The van der Waals surface area contributed by atoms with Crippen LogP contribution in [0.5, 0.6) is 0 Å². The zero-order valence-corrected chi connectivity index (χ0v) is 28.6. The summed E-state index contributed by atoms with van der Waals surface area (Å²) >= 11 is 15.3. The van der Waals surface area contributed by atoms with Crippen molar-refractivity contribution in [3.05, 3.63) is 22.2 Å². The summed E-state index contributed by atoms with van der Waals surface area (Å²) in [4.78, 5) is 40.0. The first-order chi connectivity index (χ1) is 18.9. The standard InChI is InChI=1S/C24H35Br3N6O3S3/c25-7-1-4-13-22-31-17(10-37-22)20(35)29-15(6-3-9-27)24-33-18(12-39-24)21(36)30-14(5-2-8-26)23-32-16(11-38-23)19(34)28-13/h10-11,13-15,18,22-24,31-33H,1-9,12H2,(H,28,34)(H,29,35)(H,30,36)/t13-,14-,15-,18?,22?,23?,24?/m0/s1. The fourth-order valence-electron chi connectivity index (χ4n) is 4.80. The number of carbonyl (C=O) groups is 3. The van der Waals surface area contributed by atoms with E-state index in [0.29, 0.717) is 17.1 Å². The molecule has 4 unspecified atom stereocenters. The van der Waals surface area contributed by atoms with E-state index >= 15 is 0 Å². The zero-order chi connectivity index (χ0) is 27.8. The van der Waals surface area contributed by atoms with Crippen LogP contribution in [-0.4, -0.2) is 79.8 Å². The molecule has 4 rings (SSSR count). The van der Waals surface area contributed by atoms with Gasteiger partial charge in [-0.05, 0) is 38.5 Å². The number of halogens is 3. The van der Waals surface area contributed by atoms with Gasteiger partial charge in [0.05, 0.1) is 40.3 Å². The predicted octanol–water partition coefficient (Wildman–Crippen LogP) is 3.02. The van der Waals surface area contributed by atoms with Crippen LogP contribution in [0.1, 0.15) is 38.5 Å². The lowest BCUT2D eigenvalue weighted by Gasteiger charge is -2.29. The van der Waals surface area contributed by atoms with Crippen LogP contribution in [0.2, 0.25) is 0 Å². The predicted molar refractivity (Wildman–Crippen MR) is 173 cm³/mol. The lowest BCUT2D eigenvalue weighted by atomic mass is 10.1. The van der Waals surface area contributed by atoms with E-state index in [4.69, 9.17) is 0 Å². The summed E-state index contributed by atoms with van der Waals surface area (Å²) in [5.74, 6) is 0.239. The molecule has 3 amide bonds. The molecule has 4 aliphatic heterocycles. The normalized spacial score (nSPS) is 33.1. The number of nitrogens with one attached hydrogen (secondary N) is 6. The quantitative estimate of drug-likeness (QED) is 0.196. The Morgan fingerprint density at radius 3 is 1.62 bits per heavy atom. The molecule has 0 aromatic rings. The van der Waals surface area contributed by atoms with Gasteiger partial charge in [-0.1, -0.05) is 47.8 Å². The summed E-state index contributed by atoms with van der Waals surface area (Å²) in [6.07, 6.45) is 5.01. The van der Waals surface area contributed by atoms with Gasteiger partial charge >= 0.3 is 0 Å². The van der Waals surface area contributed by atoms with Crippen molar-refractivity contribution in [3.63, 3.8) is 0 Å². The van der Waals surface area contributed by atoms with Gasteiger partial charge in [0, 0.05) is 32.6 Å². The molecule has 0 saturated carbocycles. The number of fused-ring (bicyclic) bond motifs is 6. The maximum absolute atomic E-state index is 13.4. The van der Waals surface area contributed by atoms with E-state index in [1.807, 2.05) is 10.8 Å². The fraction of sp³-hybridized carbons (Fsp3) is 0.708. The lowest BCUT2D eigenvalue weighted by Crippen LogP contribution is -2.56. The molecule has 39 heavy (non-hydrogen) atoms. The molecule has 2 fully saturated rings. The molecule has 15 heteroatoms. The van der Waals surface area contributed by atoms with Crippen molar-refractivity contribution in [2.45, 2.75) is 78.8 Å². The van der Waals surface area contributed by atoms with Crippen LogP contribution in [0.3, 0.4) is 0 Å². The van der Waals surface area contributed by atoms with Gasteiger partial charge in [-0.3, -0.25) is 19.7 Å². The van der Waals surface area contributed by atoms with Crippen LogP contribution >= 0.6 is 83.1 Å². The largest absolute Gasteiger partial charge is 0.366 e. The van der Waals surface area contributed by atoms with E-state index in [0.717, 1.165) is 54.5 Å². The Labute approximate surface area is 267 Å². The molecule has 4 heterocycles. The molecule has 0 spiro atoms. The minimum Gasteiger partial charge on any atom is -0.366 e. The van der Waals surface area contributed by atoms with E-state index < -0.39 is 0 Å². The number of thioether (sulfide) groups is 3. The van der Waals surface area contributed by atoms with Crippen LogP contribution in [0, 0.1) is 0 Å². The third-order valence-electron chi connectivity index (χ3n) is 6.88. The Kier molecular flexibility index (Phi) is 13.0. The van der Waals surface area contributed by atoms with Crippen molar-refractivity contribution in [3.8, 4) is 0 Å². The summed E-state index contributed by atoms with van der Waals surface area (Å²) in [6.45, 7) is 0. The summed E-state index contributed by atoms with van der Waals surface area (Å²) in [7, 11) is 0. The average molecular weight is 791 g/mol. The zero-order valence-electron chi connectivity index (χ0n) is 21.4. The van der Waals surface area contributed by atoms with Crippen molar-refractivity contribution in [2.75, 3.05) is 21.7 Å². The third kappa shape index (κ3) is 8.73. The van der Waals surface area contributed by atoms with E-state index in [-0.39, 0.29) is 58.0 Å². The lowest BCUT2D eigenvalue weighted by molar-refractivity contribution is -0.123. The Morgan fingerprint density at radius 2 is 1.13 bits per heavy atom. The maximum atomic E-state index is 13.4. The number of hydrogen-bond donors (Lipinski definition) is 6. The number of alkyl halides is 3. The summed E-state index contributed by atoms with van der Waals surface area (Å²) in [6, 6.07) is -0.795. The van der Waals surface area contributed by atoms with Gasteiger partial charge < -0.3 is 26.6 Å². The minimum atomic E-state index is -0.352. The first kappa shape index (κ1) is 31.9. The van der Waals surface area contributed by atoms with Crippen molar-refractivity contribution in [1.82, 2.24) is 31.9 Å². The van der Waals surface area contributed by atoms with Crippen molar-refractivity contribution < 1.29 is 14.4 Å². The second-order valence-corrected chi connectivity index (χ2v) is 15.3. The number of carbonyl (C=O) groups excluding carboxylic acids is 3. The molecule has 0 radical (unpaired) electrons. The molecule has 2 saturated heterocycles. The summed E-state index contributed by atoms with van der Waals surface area (Å²) < 4.78 is 0. The highest BCUT2D eigenvalue weighted by molar-refractivity contribution is 9.09. The third-order valence-corrected chi connectivity index (χ3v) is 12.1. The molecule has 0 aromatic heterocycles. The van der Waals surface area contributed by atoms with Crippen LogP contribution in [0.4, 0.5) is 0 Å². The van der Waals surface area contributed by atoms with Gasteiger partial charge in [0.25, 0.3) is 11.8 Å². The van der Waals surface area contributed by atoms with Gasteiger partial charge in [0.15, 0.2) is 0 Å². The molecular formula is C24H35Br3N6O3S3. The van der Waals surface area contributed by atoms with E-state index in [9.17, 15) is 14.4 Å². The Bertz CT molecular complexity index is 953. The SMILES string of the molecule is O=C1N[C@@H](CCCBr)C2NC(CS2)C(=O)N[C@@H](CCCBr)C2NC(=CS2)C(=O)N[C@@H](CCCBr)C2NC1=CS2. The molecular weight excluding hydrogens is 756 g/mol. The van der Waals surface area contributed by atoms with Gasteiger partial charge in [0.2, 0.25) is 5.91 Å². The fourth-order valence-corrected chi connectivity index (χ4v) is 9.21. The molecule has 6 N–H and O–H groups in total. The number of amides is 3. The molecule has 7 atom stereocenters. The van der Waals surface area contributed by atoms with Crippen LogP contribution in [-0.2, 0) is 14.4 Å². The molecule has 6 bridgehead atoms. The van der Waals surface area contributed by atoms with E-state index in [1.165, 1.54) is 23.5 Å². The molecule has 4 aliphatic rings.